The molecule has 0 N–H and O–H groups in total. The van der Waals surface area contributed by atoms with Gasteiger partial charge in [0.05, 0.1) is 10.6 Å². The van der Waals surface area contributed by atoms with Crippen LogP contribution in [-0.4, -0.2) is 11.1 Å². The maximum absolute atomic E-state index is 12.7. The normalized spacial score (nSPS) is 16.4. The largest absolute Gasteiger partial charge is 0.298 e. The van der Waals surface area contributed by atoms with Crippen LogP contribution in [0.2, 0.25) is 0 Å². The van der Waals surface area contributed by atoms with E-state index >= 15 is 0 Å². The highest BCUT2D eigenvalue weighted by atomic mass is 35.5. The first kappa shape index (κ1) is 19.5. The molecule has 5 heteroatoms. The van der Waals surface area contributed by atoms with Crippen molar-refractivity contribution in [2.75, 3.05) is 4.90 Å². The van der Waals surface area contributed by atoms with Gasteiger partial charge in [-0.1, -0.05) is 67.4 Å². The van der Waals surface area contributed by atoms with Crippen molar-refractivity contribution < 1.29 is 9.59 Å². The maximum atomic E-state index is 12.7. The first-order valence-electron chi connectivity index (χ1n) is 8.87. The Labute approximate surface area is 168 Å². The molecule has 3 nitrogen and oxygen atoms in total. The lowest BCUT2D eigenvalue weighted by atomic mass is 10.1. The lowest BCUT2D eigenvalue weighted by Gasteiger charge is -2.13. The number of allylic oxidation sites excluding steroid dienone is 2. The van der Waals surface area contributed by atoms with Gasteiger partial charge in [-0.25, -0.2) is 4.90 Å². The van der Waals surface area contributed by atoms with E-state index < -0.39 is 0 Å². The summed E-state index contributed by atoms with van der Waals surface area (Å²) in [5.74, 6) is -0.342. The molecule has 1 saturated heterocycles. The Morgan fingerprint density at radius 3 is 2.44 bits per heavy atom. The minimum atomic E-state index is -0.342. The van der Waals surface area contributed by atoms with Gasteiger partial charge in [-0.15, -0.1) is 0 Å². The van der Waals surface area contributed by atoms with E-state index in [9.17, 15) is 9.59 Å². The highest BCUT2D eigenvalue weighted by molar-refractivity contribution is 8.18. The van der Waals surface area contributed by atoms with Gasteiger partial charge in [0.2, 0.25) is 0 Å². The molecule has 1 fully saturated rings. The number of hydrogen-bond donors (Lipinski definition) is 0. The van der Waals surface area contributed by atoms with Crippen LogP contribution in [0.3, 0.4) is 0 Å². The fourth-order valence-corrected chi connectivity index (χ4v) is 3.89. The van der Waals surface area contributed by atoms with Gasteiger partial charge in [-0.3, -0.25) is 9.59 Å². The zero-order chi connectivity index (χ0) is 19.2. The van der Waals surface area contributed by atoms with Crippen molar-refractivity contribution in [2.45, 2.75) is 26.2 Å². The van der Waals surface area contributed by atoms with Crippen molar-refractivity contribution in [3.63, 3.8) is 0 Å². The van der Waals surface area contributed by atoms with E-state index in [0.29, 0.717) is 15.6 Å². The molecule has 0 bridgehead atoms. The van der Waals surface area contributed by atoms with Crippen LogP contribution in [0, 0.1) is 0 Å². The van der Waals surface area contributed by atoms with Gasteiger partial charge < -0.3 is 0 Å². The number of benzene rings is 2. The third kappa shape index (κ3) is 4.90. The topological polar surface area (TPSA) is 37.4 Å². The minimum absolute atomic E-state index is 0.309. The van der Waals surface area contributed by atoms with Crippen LogP contribution in [0.25, 0.3) is 6.08 Å². The van der Waals surface area contributed by atoms with Crippen LogP contribution in [0.15, 0.2) is 70.6 Å². The second-order valence-corrected chi connectivity index (χ2v) is 7.66. The third-order valence-electron chi connectivity index (χ3n) is 4.18. The number of unbranched alkanes of at least 4 members (excludes halogenated alkanes) is 1. The number of nitrogens with zero attached hydrogens (tertiary/aromatic N) is 1. The molecule has 0 spiro atoms. The molecule has 2 aromatic carbocycles. The first-order valence-corrected chi connectivity index (χ1v) is 10.1. The van der Waals surface area contributed by atoms with Crippen molar-refractivity contribution in [3.05, 3.63) is 81.7 Å². The van der Waals surface area contributed by atoms with Gasteiger partial charge in [0.15, 0.2) is 0 Å². The molecule has 138 valence electrons. The standard InChI is InChI=1S/C22H20ClNO2S/c1-2-3-7-16-10-12-19(13-11-16)24-21(25)20(27-22(24)26)15-18(23)14-17-8-5-4-6-9-17/h4-6,8-15H,2-3,7H2,1H3/b18-14-,20-15-. The van der Waals surface area contributed by atoms with Gasteiger partial charge in [0.25, 0.3) is 11.1 Å². The van der Waals surface area contributed by atoms with Gasteiger partial charge in [-0.05, 0) is 60.0 Å². The van der Waals surface area contributed by atoms with Gasteiger partial charge in [-0.2, -0.15) is 0 Å². The predicted molar refractivity (Wildman–Crippen MR) is 114 cm³/mol. The Hall–Kier alpha value is -2.30. The molecular weight excluding hydrogens is 378 g/mol. The number of rotatable bonds is 6. The molecule has 3 rings (SSSR count). The molecule has 0 aromatic heterocycles. The van der Waals surface area contributed by atoms with E-state index in [-0.39, 0.29) is 11.1 Å². The molecule has 1 aliphatic rings. The van der Waals surface area contributed by atoms with Crippen LogP contribution in [-0.2, 0) is 11.2 Å². The fraction of sp³-hybridized carbons (Fsp3) is 0.182. The summed E-state index contributed by atoms with van der Waals surface area (Å²) in [7, 11) is 0. The van der Waals surface area contributed by atoms with E-state index in [0.717, 1.165) is 36.6 Å². The number of halogens is 1. The SMILES string of the molecule is CCCCc1ccc(N2C(=O)S/C(=C\C(Cl)=C\c3ccccc3)C2=O)cc1. The summed E-state index contributed by atoms with van der Waals surface area (Å²) in [5, 5.41) is 0.0957. The van der Waals surface area contributed by atoms with Gasteiger partial charge in [0.1, 0.15) is 0 Å². The predicted octanol–water partition coefficient (Wildman–Crippen LogP) is 6.39. The molecule has 0 aliphatic carbocycles. The fourth-order valence-electron chi connectivity index (χ4n) is 2.76. The van der Waals surface area contributed by atoms with Crippen molar-refractivity contribution in [1.29, 1.82) is 0 Å². The lowest BCUT2D eigenvalue weighted by molar-refractivity contribution is -0.113. The lowest BCUT2D eigenvalue weighted by Crippen LogP contribution is -2.27. The first-order chi connectivity index (χ1) is 13.1. The molecule has 0 radical (unpaired) electrons. The monoisotopic (exact) mass is 397 g/mol. The molecular formula is C22H20ClNO2S. The summed E-state index contributed by atoms with van der Waals surface area (Å²) in [5.41, 5.74) is 2.72. The summed E-state index contributed by atoms with van der Waals surface area (Å²) >= 11 is 7.17. The summed E-state index contributed by atoms with van der Waals surface area (Å²) in [6.07, 6.45) is 6.56. The average molecular weight is 398 g/mol. The number of carbonyl (C=O) groups excluding carboxylic acids is 2. The number of thioether (sulfide) groups is 1. The highest BCUT2D eigenvalue weighted by Crippen LogP contribution is 2.35. The van der Waals surface area contributed by atoms with Crippen molar-refractivity contribution in [2.24, 2.45) is 0 Å². The third-order valence-corrected chi connectivity index (χ3v) is 5.27. The van der Waals surface area contributed by atoms with Crippen LogP contribution in [0.5, 0.6) is 0 Å². The quantitative estimate of drug-likeness (QED) is 0.529. The van der Waals surface area contributed by atoms with E-state index in [1.54, 1.807) is 12.2 Å². The van der Waals surface area contributed by atoms with E-state index in [4.69, 9.17) is 11.6 Å². The molecule has 1 aliphatic heterocycles. The number of aryl methyl sites for hydroxylation is 1. The summed E-state index contributed by atoms with van der Waals surface area (Å²) < 4.78 is 0. The number of amides is 2. The van der Waals surface area contributed by atoms with Crippen LogP contribution in [0.1, 0.15) is 30.9 Å². The zero-order valence-electron chi connectivity index (χ0n) is 15.0. The van der Waals surface area contributed by atoms with E-state index in [1.807, 2.05) is 54.6 Å². The molecule has 2 amide bonds. The van der Waals surface area contributed by atoms with E-state index in [1.165, 1.54) is 10.5 Å². The number of imide groups is 1. The maximum Gasteiger partial charge on any atom is 0.298 e. The van der Waals surface area contributed by atoms with Crippen LogP contribution in [0.4, 0.5) is 10.5 Å². The molecule has 1 heterocycles. The Kier molecular flexibility index (Phi) is 6.54. The average Bonchev–Trinajstić information content (AvgIpc) is 2.94. The van der Waals surface area contributed by atoms with E-state index in [2.05, 4.69) is 6.92 Å². The van der Waals surface area contributed by atoms with Crippen LogP contribution >= 0.6 is 23.4 Å². The van der Waals surface area contributed by atoms with Gasteiger partial charge in [0, 0.05) is 5.03 Å². The smallest absolute Gasteiger partial charge is 0.268 e. The number of carbonyl (C=O) groups is 2. The second kappa shape index (κ2) is 9.07. The summed E-state index contributed by atoms with van der Waals surface area (Å²) in [6.45, 7) is 2.15. The van der Waals surface area contributed by atoms with Crippen molar-refractivity contribution in [3.8, 4) is 0 Å². The molecule has 0 saturated carbocycles. The van der Waals surface area contributed by atoms with Crippen molar-refractivity contribution in [1.82, 2.24) is 0 Å². The second-order valence-electron chi connectivity index (χ2n) is 6.23. The molecule has 27 heavy (non-hydrogen) atoms. The van der Waals surface area contributed by atoms with Crippen LogP contribution < -0.4 is 4.90 Å². The zero-order valence-corrected chi connectivity index (χ0v) is 16.6. The molecule has 2 aromatic rings. The molecule has 0 atom stereocenters. The number of hydrogen-bond acceptors (Lipinski definition) is 3. The summed E-state index contributed by atoms with van der Waals surface area (Å²) in [4.78, 5) is 26.6. The Morgan fingerprint density at radius 2 is 1.78 bits per heavy atom. The summed E-state index contributed by atoms with van der Waals surface area (Å²) in [6, 6.07) is 17.2. The highest BCUT2D eigenvalue weighted by Gasteiger charge is 2.36. The van der Waals surface area contributed by atoms with Crippen molar-refractivity contribution >= 4 is 46.3 Å². The Balaban J connectivity index is 1.77. The molecule has 0 unspecified atom stereocenters. The Morgan fingerprint density at radius 1 is 1.07 bits per heavy atom. The minimum Gasteiger partial charge on any atom is -0.268 e. The number of anilines is 1. The van der Waals surface area contributed by atoms with Gasteiger partial charge >= 0.3 is 0 Å². The Bertz CT molecular complexity index is 888.